The van der Waals surface area contributed by atoms with Crippen molar-refractivity contribution >= 4 is 16.7 Å². The van der Waals surface area contributed by atoms with Crippen molar-refractivity contribution in [2.45, 2.75) is 45.8 Å². The van der Waals surface area contributed by atoms with E-state index in [1.807, 2.05) is 54.3 Å². The molecule has 1 saturated carbocycles. The lowest BCUT2D eigenvalue weighted by atomic mass is 10.1. The smallest absolute Gasteiger partial charge is 0.275 e. The van der Waals surface area contributed by atoms with Gasteiger partial charge >= 0.3 is 0 Å². The minimum absolute atomic E-state index is 0.0992. The van der Waals surface area contributed by atoms with Crippen LogP contribution in [0.15, 0.2) is 53.3 Å². The van der Waals surface area contributed by atoms with Gasteiger partial charge in [-0.3, -0.25) is 9.59 Å². The maximum atomic E-state index is 13.8. The lowest BCUT2D eigenvalue weighted by Crippen LogP contribution is -2.41. The first-order valence-electron chi connectivity index (χ1n) is 10.5. The number of carbonyl (C=O) groups excluding carboxylic acids is 1. The third kappa shape index (κ3) is 3.82. The average molecular weight is 405 g/mol. The fraction of sp³-hybridized carbons (Fsp3) is 0.375. The van der Waals surface area contributed by atoms with Gasteiger partial charge in [0.15, 0.2) is 5.69 Å². The fourth-order valence-corrected chi connectivity index (χ4v) is 3.90. The molecule has 1 amide bonds. The van der Waals surface area contributed by atoms with E-state index in [-0.39, 0.29) is 17.5 Å². The Balaban J connectivity index is 1.76. The van der Waals surface area contributed by atoms with Gasteiger partial charge in [-0.2, -0.15) is 5.10 Å². The van der Waals surface area contributed by atoms with E-state index in [0.717, 1.165) is 24.2 Å². The second kappa shape index (κ2) is 8.30. The van der Waals surface area contributed by atoms with Crippen molar-refractivity contribution in [2.24, 2.45) is 5.92 Å². The Morgan fingerprint density at radius 1 is 1.17 bits per heavy atom. The highest BCUT2D eigenvalue weighted by Gasteiger charge is 2.35. The molecule has 2 aromatic carbocycles. The molecule has 1 fully saturated rings. The van der Waals surface area contributed by atoms with Crippen molar-refractivity contribution in [2.75, 3.05) is 7.11 Å². The second-order valence-corrected chi connectivity index (χ2v) is 7.87. The number of amides is 1. The number of ether oxygens (including phenoxy) is 1. The number of hydrogen-bond acceptors (Lipinski definition) is 4. The molecule has 1 atom stereocenters. The molecule has 3 aromatic rings. The Hall–Kier alpha value is -3.15. The molecule has 1 heterocycles. The van der Waals surface area contributed by atoms with Gasteiger partial charge in [0.05, 0.1) is 12.5 Å². The van der Waals surface area contributed by atoms with Gasteiger partial charge in [0.1, 0.15) is 5.75 Å². The van der Waals surface area contributed by atoms with Crippen LogP contribution in [0.5, 0.6) is 5.75 Å². The van der Waals surface area contributed by atoms with Crippen LogP contribution in [-0.4, -0.2) is 33.7 Å². The van der Waals surface area contributed by atoms with E-state index in [1.54, 1.807) is 13.2 Å². The predicted molar refractivity (Wildman–Crippen MR) is 117 cm³/mol. The minimum atomic E-state index is -0.165. The molecule has 0 radical (unpaired) electrons. The third-order valence-corrected chi connectivity index (χ3v) is 5.94. The summed E-state index contributed by atoms with van der Waals surface area (Å²) >= 11 is 0. The van der Waals surface area contributed by atoms with E-state index in [4.69, 9.17) is 4.74 Å². The van der Waals surface area contributed by atoms with Crippen molar-refractivity contribution in [3.8, 4) is 5.75 Å². The zero-order valence-electron chi connectivity index (χ0n) is 17.7. The molecule has 0 bridgehead atoms. The molecule has 4 rings (SSSR count). The van der Waals surface area contributed by atoms with E-state index >= 15 is 0 Å². The first-order chi connectivity index (χ1) is 14.5. The normalized spacial score (nSPS) is 14.5. The maximum Gasteiger partial charge on any atom is 0.275 e. The highest BCUT2D eigenvalue weighted by Crippen LogP contribution is 2.36. The van der Waals surface area contributed by atoms with Gasteiger partial charge in [0, 0.05) is 24.5 Å². The molecule has 0 aliphatic heterocycles. The number of aromatic nitrogens is 2. The van der Waals surface area contributed by atoms with E-state index < -0.39 is 0 Å². The first kappa shape index (κ1) is 20.1. The van der Waals surface area contributed by atoms with Crippen LogP contribution < -0.4 is 10.3 Å². The minimum Gasteiger partial charge on any atom is -0.497 e. The Labute approximate surface area is 176 Å². The predicted octanol–water partition coefficient (Wildman–Crippen LogP) is 3.87. The zero-order chi connectivity index (χ0) is 21.3. The summed E-state index contributed by atoms with van der Waals surface area (Å²) in [4.78, 5) is 28.3. The summed E-state index contributed by atoms with van der Waals surface area (Å²) < 4.78 is 6.63. The lowest BCUT2D eigenvalue weighted by molar-refractivity contribution is 0.0647. The molecule has 1 aliphatic carbocycles. The number of benzene rings is 2. The van der Waals surface area contributed by atoms with E-state index in [2.05, 4.69) is 12.0 Å². The van der Waals surface area contributed by atoms with Crippen LogP contribution in [0.4, 0.5) is 0 Å². The number of methoxy groups -OCH3 is 1. The SMILES string of the molecule is CCn1nc(C(=O)N(Cc2ccc(OC)cc2)C(C)C2CC2)c2ccccc2c1=O. The van der Waals surface area contributed by atoms with E-state index in [1.165, 1.54) is 4.68 Å². The van der Waals surface area contributed by atoms with Crippen LogP contribution in [0.25, 0.3) is 10.8 Å². The van der Waals surface area contributed by atoms with Crippen LogP contribution in [0.1, 0.15) is 42.7 Å². The van der Waals surface area contributed by atoms with Crippen molar-refractivity contribution in [1.29, 1.82) is 0 Å². The summed E-state index contributed by atoms with van der Waals surface area (Å²) in [6, 6.07) is 15.1. The summed E-state index contributed by atoms with van der Waals surface area (Å²) in [6.07, 6.45) is 2.27. The molecule has 156 valence electrons. The summed E-state index contributed by atoms with van der Waals surface area (Å²) in [5, 5.41) is 5.60. The summed E-state index contributed by atoms with van der Waals surface area (Å²) in [5.41, 5.74) is 1.21. The monoisotopic (exact) mass is 405 g/mol. The highest BCUT2D eigenvalue weighted by atomic mass is 16.5. The van der Waals surface area contributed by atoms with Gasteiger partial charge in [-0.15, -0.1) is 0 Å². The molecule has 30 heavy (non-hydrogen) atoms. The lowest BCUT2D eigenvalue weighted by Gasteiger charge is -2.30. The number of rotatable bonds is 7. The Morgan fingerprint density at radius 2 is 1.83 bits per heavy atom. The van der Waals surface area contributed by atoms with Crippen LogP contribution >= 0.6 is 0 Å². The van der Waals surface area contributed by atoms with Crippen molar-refractivity contribution in [3.63, 3.8) is 0 Å². The number of hydrogen-bond donors (Lipinski definition) is 0. The first-order valence-corrected chi connectivity index (χ1v) is 10.5. The molecule has 1 aliphatic rings. The molecule has 6 nitrogen and oxygen atoms in total. The molecule has 1 unspecified atom stereocenters. The topological polar surface area (TPSA) is 64.4 Å². The average Bonchev–Trinajstić information content (AvgIpc) is 3.63. The van der Waals surface area contributed by atoms with Crippen LogP contribution in [0.2, 0.25) is 0 Å². The Morgan fingerprint density at radius 3 is 2.43 bits per heavy atom. The van der Waals surface area contributed by atoms with Gasteiger partial charge in [-0.05, 0) is 56.4 Å². The molecular weight excluding hydrogens is 378 g/mol. The van der Waals surface area contributed by atoms with Crippen molar-refractivity contribution in [3.05, 3.63) is 70.1 Å². The van der Waals surface area contributed by atoms with Gasteiger partial charge < -0.3 is 9.64 Å². The van der Waals surface area contributed by atoms with Gasteiger partial charge in [-0.1, -0.05) is 30.3 Å². The van der Waals surface area contributed by atoms with Gasteiger partial charge in [0.25, 0.3) is 11.5 Å². The number of carbonyl (C=O) groups is 1. The van der Waals surface area contributed by atoms with Gasteiger partial charge in [-0.25, -0.2) is 4.68 Å². The van der Waals surface area contributed by atoms with Crippen molar-refractivity contribution in [1.82, 2.24) is 14.7 Å². The third-order valence-electron chi connectivity index (χ3n) is 5.94. The molecule has 1 aromatic heterocycles. The Bertz CT molecular complexity index is 1120. The summed E-state index contributed by atoms with van der Waals surface area (Å²) in [7, 11) is 1.64. The van der Waals surface area contributed by atoms with Gasteiger partial charge in [0.2, 0.25) is 0 Å². The second-order valence-electron chi connectivity index (χ2n) is 7.87. The number of fused-ring (bicyclic) bond motifs is 1. The number of aryl methyl sites for hydroxylation is 1. The van der Waals surface area contributed by atoms with Crippen LogP contribution in [0.3, 0.4) is 0 Å². The van der Waals surface area contributed by atoms with E-state index in [9.17, 15) is 9.59 Å². The van der Waals surface area contributed by atoms with Crippen molar-refractivity contribution < 1.29 is 9.53 Å². The van der Waals surface area contributed by atoms with E-state index in [0.29, 0.717) is 35.5 Å². The highest BCUT2D eigenvalue weighted by molar-refractivity contribution is 6.04. The zero-order valence-corrected chi connectivity index (χ0v) is 17.7. The molecule has 6 heteroatoms. The quantitative estimate of drug-likeness (QED) is 0.599. The summed E-state index contributed by atoms with van der Waals surface area (Å²) in [6.45, 7) is 4.87. The molecule has 0 spiro atoms. The summed E-state index contributed by atoms with van der Waals surface area (Å²) in [5.74, 6) is 1.16. The Kier molecular flexibility index (Phi) is 5.57. The molecule has 0 saturated heterocycles. The van der Waals surface area contributed by atoms with Crippen LogP contribution in [-0.2, 0) is 13.1 Å². The largest absolute Gasteiger partial charge is 0.497 e. The maximum absolute atomic E-state index is 13.8. The standard InChI is InChI=1S/C24H27N3O3/c1-4-27-23(28)21-8-6-5-7-20(21)22(25-27)24(29)26(16(2)18-11-12-18)15-17-9-13-19(30-3)14-10-17/h5-10,13-14,16,18H,4,11-12,15H2,1-3H3. The molecular formula is C24H27N3O3. The molecule has 0 N–H and O–H groups in total. The van der Waals surface area contributed by atoms with Crippen LogP contribution in [0, 0.1) is 5.92 Å². The fourth-order valence-electron chi connectivity index (χ4n) is 3.90. The number of nitrogens with zero attached hydrogens (tertiary/aromatic N) is 3.